The molecule has 152 valence electrons. The normalized spacial score (nSPS) is 27.9. The van der Waals surface area contributed by atoms with Gasteiger partial charge in [-0.05, 0) is 30.0 Å². The number of quaternary nitrogens is 1. The number of methoxy groups -OCH3 is 1. The molecule has 2 heterocycles. The first-order valence-corrected chi connectivity index (χ1v) is 9.61. The van der Waals surface area contributed by atoms with Gasteiger partial charge in [0.1, 0.15) is 6.04 Å². The molecule has 4 nitrogen and oxygen atoms in total. The highest BCUT2D eigenvalue weighted by Gasteiger charge is 2.42. The molecule has 2 aliphatic rings. The highest BCUT2D eigenvalue weighted by Crippen LogP contribution is 2.38. The van der Waals surface area contributed by atoms with Crippen molar-refractivity contribution in [3.8, 4) is 11.5 Å². The number of halogens is 3. The average Bonchev–Trinajstić information content (AvgIpc) is 2.58. The summed E-state index contributed by atoms with van der Waals surface area (Å²) in [6.45, 7) is 4.86. The molecule has 1 unspecified atom stereocenters. The monoisotopic (exact) mass is 388 g/mol. The van der Waals surface area contributed by atoms with Crippen LogP contribution in [0.1, 0.15) is 43.9 Å². The van der Waals surface area contributed by atoms with Crippen LogP contribution in [0.3, 0.4) is 0 Å². The number of aliphatic hydroxyl groups excluding tert-OH is 1. The molecule has 0 amide bonds. The van der Waals surface area contributed by atoms with E-state index in [1.807, 2.05) is 0 Å². The lowest BCUT2D eigenvalue weighted by molar-refractivity contribution is -0.944. The third-order valence-electron chi connectivity index (χ3n) is 5.72. The van der Waals surface area contributed by atoms with Crippen LogP contribution in [0.15, 0.2) is 12.1 Å². The van der Waals surface area contributed by atoms with Crippen molar-refractivity contribution in [1.29, 1.82) is 0 Å². The number of nitrogens with one attached hydrogen (secondary N) is 1. The number of piperidine rings is 1. The van der Waals surface area contributed by atoms with Crippen LogP contribution >= 0.6 is 0 Å². The van der Waals surface area contributed by atoms with Crippen LogP contribution in [0.25, 0.3) is 0 Å². The first-order valence-electron chi connectivity index (χ1n) is 9.61. The first-order chi connectivity index (χ1) is 12.7. The highest BCUT2D eigenvalue weighted by molar-refractivity contribution is 5.49. The van der Waals surface area contributed by atoms with Crippen molar-refractivity contribution in [2.45, 2.75) is 51.4 Å². The number of fused-ring (bicyclic) bond motifs is 3. The zero-order valence-electron chi connectivity index (χ0n) is 16.1. The second-order valence-electron chi connectivity index (χ2n) is 8.21. The van der Waals surface area contributed by atoms with Gasteiger partial charge in [-0.2, -0.15) is 13.2 Å². The van der Waals surface area contributed by atoms with Gasteiger partial charge in [0, 0.05) is 24.3 Å². The molecule has 4 atom stereocenters. The largest absolute Gasteiger partial charge is 0.493 e. The lowest BCUT2D eigenvalue weighted by Crippen LogP contribution is -3.15. The molecule has 27 heavy (non-hydrogen) atoms. The Balaban J connectivity index is 1.82. The molecule has 1 aromatic rings. The van der Waals surface area contributed by atoms with Crippen molar-refractivity contribution in [3.63, 3.8) is 0 Å². The maximum atomic E-state index is 12.5. The number of hydrogen-bond donors (Lipinski definition) is 2. The van der Waals surface area contributed by atoms with Crippen LogP contribution < -0.4 is 14.4 Å². The molecular weight excluding hydrogens is 359 g/mol. The molecule has 7 heteroatoms. The average molecular weight is 388 g/mol. The standard InChI is InChI=1S/C20H28F3NO3/c1-12(2)6-14-10-24-5-4-13-7-19(27-11-20(21,22)23)18(26-3)8-15(13)16(24)9-17(14)25/h7-8,12,14,16-17,25H,4-6,9-11H2,1-3H3/p+1/t14-,16-,17-/m0/s1. The Morgan fingerprint density at radius 1 is 1.26 bits per heavy atom. The van der Waals surface area contributed by atoms with Gasteiger partial charge in [-0.25, -0.2) is 0 Å². The van der Waals surface area contributed by atoms with E-state index in [9.17, 15) is 18.3 Å². The zero-order chi connectivity index (χ0) is 19.8. The van der Waals surface area contributed by atoms with E-state index in [4.69, 9.17) is 9.47 Å². The van der Waals surface area contributed by atoms with Gasteiger partial charge in [-0.3, -0.25) is 0 Å². The maximum absolute atomic E-state index is 12.5. The van der Waals surface area contributed by atoms with Crippen LogP contribution in [-0.2, 0) is 6.42 Å². The van der Waals surface area contributed by atoms with E-state index in [0.717, 1.165) is 37.1 Å². The fraction of sp³-hybridized carbons (Fsp3) is 0.700. The fourth-order valence-electron chi connectivity index (χ4n) is 4.57. The third-order valence-corrected chi connectivity index (χ3v) is 5.72. The van der Waals surface area contributed by atoms with E-state index < -0.39 is 12.8 Å². The quantitative estimate of drug-likeness (QED) is 0.815. The third kappa shape index (κ3) is 4.69. The number of rotatable bonds is 5. The molecule has 1 aromatic carbocycles. The van der Waals surface area contributed by atoms with Gasteiger partial charge in [-0.15, -0.1) is 0 Å². The molecule has 0 radical (unpaired) electrons. The molecule has 2 N–H and O–H groups in total. The van der Waals surface area contributed by atoms with Gasteiger partial charge in [-0.1, -0.05) is 13.8 Å². The number of aliphatic hydroxyl groups is 1. The molecule has 0 aromatic heterocycles. The number of ether oxygens (including phenoxy) is 2. The topological polar surface area (TPSA) is 43.1 Å². The maximum Gasteiger partial charge on any atom is 0.422 e. The van der Waals surface area contributed by atoms with Crippen molar-refractivity contribution in [1.82, 2.24) is 0 Å². The lowest BCUT2D eigenvalue weighted by atomic mass is 9.79. The Labute approximate surface area is 158 Å². The number of benzene rings is 1. The van der Waals surface area contributed by atoms with E-state index in [0.29, 0.717) is 24.0 Å². The Morgan fingerprint density at radius 2 is 2.00 bits per heavy atom. The predicted octanol–water partition coefficient (Wildman–Crippen LogP) is 2.55. The Kier molecular flexibility index (Phi) is 5.91. The summed E-state index contributed by atoms with van der Waals surface area (Å²) in [4.78, 5) is 1.45. The van der Waals surface area contributed by atoms with Gasteiger partial charge in [0.05, 0.1) is 26.3 Å². The smallest absolute Gasteiger partial charge is 0.422 e. The second kappa shape index (κ2) is 7.87. The SMILES string of the molecule is COc1cc2c(cc1OCC(F)(F)F)CC[NH+]1C[C@H](CC(C)C)[C@@H](O)C[C@@H]21. The van der Waals surface area contributed by atoms with Crippen molar-refractivity contribution in [2.75, 3.05) is 26.8 Å². The molecule has 0 saturated carbocycles. The fourth-order valence-corrected chi connectivity index (χ4v) is 4.57. The van der Waals surface area contributed by atoms with Gasteiger partial charge >= 0.3 is 6.18 Å². The van der Waals surface area contributed by atoms with Crippen LogP contribution in [0.4, 0.5) is 13.2 Å². The van der Waals surface area contributed by atoms with E-state index in [1.54, 1.807) is 12.1 Å². The first kappa shape index (κ1) is 20.3. The van der Waals surface area contributed by atoms with Gasteiger partial charge in [0.25, 0.3) is 0 Å². The molecule has 0 aliphatic carbocycles. The molecule has 0 bridgehead atoms. The molecule has 1 saturated heterocycles. The summed E-state index contributed by atoms with van der Waals surface area (Å²) in [5, 5.41) is 10.6. The Hall–Kier alpha value is -1.47. The minimum atomic E-state index is -4.39. The van der Waals surface area contributed by atoms with Crippen molar-refractivity contribution >= 4 is 0 Å². The summed E-state index contributed by atoms with van der Waals surface area (Å²) >= 11 is 0. The summed E-state index contributed by atoms with van der Waals surface area (Å²) in [5.41, 5.74) is 2.06. The summed E-state index contributed by atoms with van der Waals surface area (Å²) in [7, 11) is 1.43. The summed E-state index contributed by atoms with van der Waals surface area (Å²) in [6.07, 6.45) is -2.26. The predicted molar refractivity (Wildman–Crippen MR) is 95.3 cm³/mol. The number of alkyl halides is 3. The van der Waals surface area contributed by atoms with Crippen LogP contribution in [-0.4, -0.2) is 44.2 Å². The Morgan fingerprint density at radius 3 is 2.63 bits per heavy atom. The molecule has 2 aliphatic heterocycles. The van der Waals surface area contributed by atoms with Crippen molar-refractivity contribution < 1.29 is 32.7 Å². The minimum Gasteiger partial charge on any atom is -0.493 e. The minimum absolute atomic E-state index is 0.131. The zero-order valence-corrected chi connectivity index (χ0v) is 16.1. The van der Waals surface area contributed by atoms with E-state index in [-0.39, 0.29) is 17.9 Å². The Bertz CT molecular complexity index is 663. The summed E-state index contributed by atoms with van der Waals surface area (Å²) in [6, 6.07) is 3.64. The van der Waals surface area contributed by atoms with Gasteiger partial charge < -0.3 is 19.5 Å². The van der Waals surface area contributed by atoms with E-state index in [2.05, 4.69) is 13.8 Å². The number of hydrogen-bond acceptors (Lipinski definition) is 3. The van der Waals surface area contributed by atoms with Crippen molar-refractivity contribution in [3.05, 3.63) is 23.3 Å². The summed E-state index contributed by atoms with van der Waals surface area (Å²) in [5.74, 6) is 1.30. The van der Waals surface area contributed by atoms with Crippen molar-refractivity contribution in [2.24, 2.45) is 11.8 Å². The second-order valence-corrected chi connectivity index (χ2v) is 8.21. The summed E-state index contributed by atoms with van der Waals surface area (Å²) < 4.78 is 47.8. The lowest BCUT2D eigenvalue weighted by Gasteiger charge is -2.43. The van der Waals surface area contributed by atoms with Crippen LogP contribution in [0.2, 0.25) is 0 Å². The molecular formula is C20H29F3NO3+. The molecule has 1 fully saturated rings. The molecule has 0 spiro atoms. The van der Waals surface area contributed by atoms with Crippen LogP contribution in [0, 0.1) is 11.8 Å². The highest BCUT2D eigenvalue weighted by atomic mass is 19.4. The van der Waals surface area contributed by atoms with Crippen LogP contribution in [0.5, 0.6) is 11.5 Å². The van der Waals surface area contributed by atoms with Gasteiger partial charge in [0.15, 0.2) is 18.1 Å². The molecule has 3 rings (SSSR count). The van der Waals surface area contributed by atoms with E-state index in [1.165, 1.54) is 12.0 Å². The van der Waals surface area contributed by atoms with E-state index >= 15 is 0 Å². The van der Waals surface area contributed by atoms with Gasteiger partial charge in [0.2, 0.25) is 0 Å².